The van der Waals surface area contributed by atoms with Crippen LogP contribution in [0.15, 0.2) is 29.4 Å². The van der Waals surface area contributed by atoms with Crippen molar-refractivity contribution in [1.29, 1.82) is 0 Å². The number of methoxy groups -OCH3 is 1. The molecule has 0 saturated carbocycles. The van der Waals surface area contributed by atoms with Gasteiger partial charge in [-0.2, -0.15) is 0 Å². The Hall–Kier alpha value is -2.24. The van der Waals surface area contributed by atoms with Crippen molar-refractivity contribution in [1.82, 2.24) is 4.90 Å². The molecular formula is C11H15N3O3. The van der Waals surface area contributed by atoms with E-state index in [0.717, 1.165) is 5.56 Å². The van der Waals surface area contributed by atoms with E-state index in [2.05, 4.69) is 9.89 Å². The number of ether oxygens (including phenoxy) is 1. The molecule has 1 aromatic rings. The highest BCUT2D eigenvalue weighted by Crippen LogP contribution is 2.08. The molecule has 0 aliphatic heterocycles. The molecule has 0 radical (unpaired) electrons. The van der Waals surface area contributed by atoms with Gasteiger partial charge in [0.15, 0.2) is 5.84 Å². The molecule has 0 aliphatic rings. The second-order valence-corrected chi connectivity index (χ2v) is 3.51. The number of amides is 1. The summed E-state index contributed by atoms with van der Waals surface area (Å²) < 4.78 is 4.58. The number of carbonyl (C=O) groups excluding carboxylic acids is 1. The van der Waals surface area contributed by atoms with Gasteiger partial charge in [-0.05, 0) is 11.6 Å². The summed E-state index contributed by atoms with van der Waals surface area (Å²) >= 11 is 0. The lowest BCUT2D eigenvalue weighted by Gasteiger charge is -2.15. The fraction of sp³-hybridized carbons (Fsp3) is 0.273. The van der Waals surface area contributed by atoms with Crippen molar-refractivity contribution in [2.24, 2.45) is 10.9 Å². The van der Waals surface area contributed by atoms with Crippen LogP contribution in [0.2, 0.25) is 0 Å². The fourth-order valence-corrected chi connectivity index (χ4v) is 1.38. The van der Waals surface area contributed by atoms with E-state index in [4.69, 9.17) is 10.9 Å². The normalized spacial score (nSPS) is 11.1. The molecule has 92 valence electrons. The molecule has 0 heterocycles. The van der Waals surface area contributed by atoms with Crippen LogP contribution < -0.4 is 5.73 Å². The number of nitrogens with two attached hydrogens (primary N) is 1. The summed E-state index contributed by atoms with van der Waals surface area (Å²) in [6, 6.07) is 7.08. The van der Waals surface area contributed by atoms with Crippen molar-refractivity contribution >= 4 is 11.9 Å². The number of amidine groups is 1. The van der Waals surface area contributed by atoms with E-state index in [1.807, 2.05) is 6.07 Å². The second kappa shape index (κ2) is 5.74. The van der Waals surface area contributed by atoms with E-state index in [1.54, 1.807) is 25.2 Å². The Kier molecular flexibility index (Phi) is 4.33. The van der Waals surface area contributed by atoms with E-state index >= 15 is 0 Å². The lowest BCUT2D eigenvalue weighted by atomic mass is 10.1. The molecule has 0 unspecified atom stereocenters. The largest absolute Gasteiger partial charge is 0.453 e. The minimum Gasteiger partial charge on any atom is -0.453 e. The molecular weight excluding hydrogens is 222 g/mol. The van der Waals surface area contributed by atoms with E-state index < -0.39 is 6.09 Å². The standard InChI is InChI=1S/C11H15N3O3/c1-14(11(15)17-2)7-8-4-3-5-9(6-8)10(12)13-16/h3-6,16H,7H2,1-2H3,(H2,12,13). The predicted molar refractivity (Wildman–Crippen MR) is 62.8 cm³/mol. The van der Waals surface area contributed by atoms with Crippen LogP contribution in [-0.4, -0.2) is 36.2 Å². The van der Waals surface area contributed by atoms with Crippen LogP contribution >= 0.6 is 0 Å². The lowest BCUT2D eigenvalue weighted by Crippen LogP contribution is -2.26. The zero-order chi connectivity index (χ0) is 12.8. The van der Waals surface area contributed by atoms with Gasteiger partial charge in [-0.25, -0.2) is 4.79 Å². The summed E-state index contributed by atoms with van der Waals surface area (Å²) in [4.78, 5) is 12.6. The monoisotopic (exact) mass is 237 g/mol. The first-order chi connectivity index (χ1) is 8.08. The maximum absolute atomic E-state index is 11.2. The number of rotatable bonds is 3. The first kappa shape index (κ1) is 12.8. The van der Waals surface area contributed by atoms with Crippen LogP contribution in [0.4, 0.5) is 4.79 Å². The summed E-state index contributed by atoms with van der Waals surface area (Å²) in [5.74, 6) is 0.0348. The number of hydrogen-bond acceptors (Lipinski definition) is 4. The molecule has 0 fully saturated rings. The first-order valence-electron chi connectivity index (χ1n) is 4.94. The van der Waals surface area contributed by atoms with Crippen LogP contribution in [0.5, 0.6) is 0 Å². The average molecular weight is 237 g/mol. The lowest BCUT2D eigenvalue weighted by molar-refractivity contribution is 0.131. The quantitative estimate of drug-likeness (QED) is 0.355. The van der Waals surface area contributed by atoms with Gasteiger partial charge in [0.2, 0.25) is 0 Å². The first-order valence-corrected chi connectivity index (χ1v) is 4.94. The predicted octanol–water partition coefficient (Wildman–Crippen LogP) is 0.979. The average Bonchev–Trinajstić information content (AvgIpc) is 2.37. The SMILES string of the molecule is COC(=O)N(C)Cc1cccc(C(N)=NO)c1. The van der Waals surface area contributed by atoms with Crippen molar-refractivity contribution in [2.75, 3.05) is 14.2 Å². The number of nitrogens with zero attached hydrogens (tertiary/aromatic N) is 2. The zero-order valence-corrected chi connectivity index (χ0v) is 9.75. The third-order valence-corrected chi connectivity index (χ3v) is 2.24. The van der Waals surface area contributed by atoms with E-state index in [0.29, 0.717) is 12.1 Å². The Bertz CT molecular complexity index is 432. The topological polar surface area (TPSA) is 88.2 Å². The number of oxime groups is 1. The van der Waals surface area contributed by atoms with E-state index in [9.17, 15) is 4.79 Å². The summed E-state index contributed by atoms with van der Waals surface area (Å²) in [6.45, 7) is 0.388. The Morgan fingerprint density at radius 2 is 2.29 bits per heavy atom. The molecule has 6 nitrogen and oxygen atoms in total. The molecule has 0 bridgehead atoms. The molecule has 0 atom stereocenters. The van der Waals surface area contributed by atoms with Gasteiger partial charge in [-0.1, -0.05) is 23.4 Å². The molecule has 6 heteroatoms. The molecule has 17 heavy (non-hydrogen) atoms. The van der Waals surface area contributed by atoms with Gasteiger partial charge < -0.3 is 20.6 Å². The molecule has 1 aromatic carbocycles. The van der Waals surface area contributed by atoms with Crippen molar-refractivity contribution in [3.63, 3.8) is 0 Å². The highest BCUT2D eigenvalue weighted by molar-refractivity contribution is 5.97. The third-order valence-electron chi connectivity index (χ3n) is 2.24. The van der Waals surface area contributed by atoms with Crippen LogP contribution in [0.1, 0.15) is 11.1 Å². The minimum atomic E-state index is -0.417. The molecule has 3 N–H and O–H groups in total. The second-order valence-electron chi connectivity index (χ2n) is 3.51. The summed E-state index contributed by atoms with van der Waals surface area (Å²) in [7, 11) is 2.95. The van der Waals surface area contributed by atoms with Gasteiger partial charge in [0.1, 0.15) is 0 Å². The van der Waals surface area contributed by atoms with Gasteiger partial charge in [0.05, 0.1) is 7.11 Å². The smallest absolute Gasteiger partial charge is 0.409 e. The van der Waals surface area contributed by atoms with Crippen molar-refractivity contribution < 1.29 is 14.7 Å². The molecule has 0 saturated heterocycles. The van der Waals surface area contributed by atoms with Crippen LogP contribution in [-0.2, 0) is 11.3 Å². The van der Waals surface area contributed by atoms with Gasteiger partial charge in [0, 0.05) is 19.2 Å². The number of hydrogen-bond donors (Lipinski definition) is 2. The molecule has 1 rings (SSSR count). The summed E-state index contributed by atoms with van der Waals surface area (Å²) in [5.41, 5.74) is 6.94. The number of carbonyl (C=O) groups is 1. The van der Waals surface area contributed by atoms with Crippen LogP contribution in [0.3, 0.4) is 0 Å². The maximum Gasteiger partial charge on any atom is 0.409 e. The minimum absolute atomic E-state index is 0.0348. The van der Waals surface area contributed by atoms with Crippen molar-refractivity contribution in [3.8, 4) is 0 Å². The maximum atomic E-state index is 11.2. The Labute approximate surface area is 99.3 Å². The molecule has 1 amide bonds. The van der Waals surface area contributed by atoms with Gasteiger partial charge in [-0.3, -0.25) is 0 Å². The highest BCUT2D eigenvalue weighted by atomic mass is 16.5. The van der Waals surface area contributed by atoms with Crippen molar-refractivity contribution in [3.05, 3.63) is 35.4 Å². The van der Waals surface area contributed by atoms with E-state index in [-0.39, 0.29) is 5.84 Å². The van der Waals surface area contributed by atoms with E-state index in [1.165, 1.54) is 12.0 Å². The third kappa shape index (κ3) is 3.37. The van der Waals surface area contributed by atoms with Gasteiger partial charge >= 0.3 is 6.09 Å². The van der Waals surface area contributed by atoms with Crippen LogP contribution in [0, 0.1) is 0 Å². The Morgan fingerprint density at radius 1 is 1.59 bits per heavy atom. The fourth-order valence-electron chi connectivity index (χ4n) is 1.38. The van der Waals surface area contributed by atoms with Gasteiger partial charge in [0.25, 0.3) is 0 Å². The Balaban J connectivity index is 2.82. The van der Waals surface area contributed by atoms with Crippen LogP contribution in [0.25, 0.3) is 0 Å². The molecule has 0 aliphatic carbocycles. The summed E-state index contributed by atoms with van der Waals surface area (Å²) in [6.07, 6.45) is -0.417. The van der Waals surface area contributed by atoms with Crippen molar-refractivity contribution in [2.45, 2.75) is 6.54 Å². The van der Waals surface area contributed by atoms with Gasteiger partial charge in [-0.15, -0.1) is 0 Å². The summed E-state index contributed by atoms with van der Waals surface area (Å²) in [5, 5.41) is 11.5. The Morgan fingerprint density at radius 3 is 2.88 bits per heavy atom. The molecule has 0 aromatic heterocycles. The highest BCUT2D eigenvalue weighted by Gasteiger charge is 2.09. The number of benzene rings is 1. The zero-order valence-electron chi connectivity index (χ0n) is 9.75. The molecule has 0 spiro atoms.